The molecular weight excluding hydrogens is 448 g/mol. The van der Waals surface area contributed by atoms with E-state index in [1.165, 1.54) is 11.3 Å². The topological polar surface area (TPSA) is 72.3 Å². The first kappa shape index (κ1) is 24.1. The van der Waals surface area contributed by atoms with Gasteiger partial charge in [-0.05, 0) is 70.9 Å². The molecule has 33 heavy (non-hydrogen) atoms. The number of alkyl halides is 2. The quantitative estimate of drug-likeness (QED) is 0.591. The fourth-order valence-electron chi connectivity index (χ4n) is 4.82. The van der Waals surface area contributed by atoms with Crippen molar-refractivity contribution in [1.82, 2.24) is 25.0 Å². The predicted molar refractivity (Wildman–Crippen MR) is 123 cm³/mol. The molecule has 1 saturated carbocycles. The van der Waals surface area contributed by atoms with Gasteiger partial charge in [0.1, 0.15) is 6.54 Å². The lowest BCUT2D eigenvalue weighted by Gasteiger charge is -2.32. The fourth-order valence-corrected chi connectivity index (χ4v) is 5.74. The van der Waals surface area contributed by atoms with E-state index in [1.807, 2.05) is 19.9 Å². The highest BCUT2D eigenvalue weighted by Gasteiger charge is 2.25. The standard InChI is InChI=1S/C23H33F2N5O2S/c1-15-11-16(2)30(28-15)13-22(31)26-18-5-3-17(4-6-18)7-9-29-10-8-20-19(12-29)27-23(33-20)32-14-21(24)25/h11,17-18,21H,3-10,12-14H2,1-2H3,(H,26,31). The molecular formula is C23H33F2N5O2S. The van der Waals surface area contributed by atoms with Gasteiger partial charge < -0.3 is 10.1 Å². The molecule has 0 bridgehead atoms. The minimum absolute atomic E-state index is 0.0360. The Balaban J connectivity index is 1.15. The molecule has 7 nitrogen and oxygen atoms in total. The Morgan fingerprint density at radius 1 is 1.30 bits per heavy atom. The minimum Gasteiger partial charge on any atom is -0.464 e. The third-order valence-electron chi connectivity index (χ3n) is 6.58. The molecule has 0 atom stereocenters. The summed E-state index contributed by atoms with van der Waals surface area (Å²) >= 11 is 1.40. The van der Waals surface area contributed by atoms with E-state index in [1.54, 1.807) is 4.68 Å². The second kappa shape index (κ2) is 10.9. The highest BCUT2D eigenvalue weighted by Crippen LogP contribution is 2.31. The molecule has 1 aliphatic heterocycles. The van der Waals surface area contributed by atoms with Crippen LogP contribution in [0.15, 0.2) is 6.07 Å². The normalized spacial score (nSPS) is 21.2. The molecule has 1 amide bonds. The number of thiazole rings is 1. The smallest absolute Gasteiger partial charge is 0.273 e. The number of amides is 1. The van der Waals surface area contributed by atoms with Gasteiger partial charge in [0, 0.05) is 29.7 Å². The van der Waals surface area contributed by atoms with E-state index in [9.17, 15) is 13.6 Å². The summed E-state index contributed by atoms with van der Waals surface area (Å²) < 4.78 is 31.6. The third-order valence-corrected chi connectivity index (χ3v) is 7.65. The van der Waals surface area contributed by atoms with Crippen molar-refractivity contribution in [1.29, 1.82) is 0 Å². The zero-order valence-electron chi connectivity index (χ0n) is 19.4. The summed E-state index contributed by atoms with van der Waals surface area (Å²) in [7, 11) is 0. The van der Waals surface area contributed by atoms with E-state index in [4.69, 9.17) is 4.74 Å². The van der Waals surface area contributed by atoms with Crippen molar-refractivity contribution in [3.8, 4) is 5.19 Å². The van der Waals surface area contributed by atoms with Crippen molar-refractivity contribution in [3.63, 3.8) is 0 Å². The van der Waals surface area contributed by atoms with Gasteiger partial charge in [-0.1, -0.05) is 11.3 Å². The molecule has 4 rings (SSSR count). The Bertz CT molecular complexity index is 939. The van der Waals surface area contributed by atoms with Crippen LogP contribution in [0.3, 0.4) is 0 Å². The summed E-state index contributed by atoms with van der Waals surface area (Å²) in [5, 5.41) is 7.91. The maximum Gasteiger partial charge on any atom is 0.273 e. The number of nitrogens with zero attached hydrogens (tertiary/aromatic N) is 4. The van der Waals surface area contributed by atoms with Crippen LogP contribution in [0.1, 0.15) is 54.1 Å². The van der Waals surface area contributed by atoms with E-state index in [0.717, 1.165) is 80.1 Å². The summed E-state index contributed by atoms with van der Waals surface area (Å²) in [6, 6.07) is 2.24. The lowest BCUT2D eigenvalue weighted by molar-refractivity contribution is -0.122. The van der Waals surface area contributed by atoms with Crippen molar-refractivity contribution < 1.29 is 18.3 Å². The Hall–Kier alpha value is -2.07. The summed E-state index contributed by atoms with van der Waals surface area (Å²) in [5.74, 6) is 0.713. The minimum atomic E-state index is -2.48. The average molecular weight is 482 g/mol. The van der Waals surface area contributed by atoms with Gasteiger partial charge in [0.2, 0.25) is 5.91 Å². The molecule has 10 heteroatoms. The first-order valence-electron chi connectivity index (χ1n) is 11.8. The number of carbonyl (C=O) groups is 1. The van der Waals surface area contributed by atoms with Crippen LogP contribution in [0.4, 0.5) is 8.78 Å². The van der Waals surface area contributed by atoms with Crippen LogP contribution in [0.25, 0.3) is 0 Å². The first-order chi connectivity index (χ1) is 15.9. The molecule has 0 radical (unpaired) electrons. The summed E-state index contributed by atoms with van der Waals surface area (Å²) in [6.07, 6.45) is 3.87. The van der Waals surface area contributed by atoms with Crippen LogP contribution >= 0.6 is 11.3 Å². The number of ether oxygens (including phenoxy) is 1. The van der Waals surface area contributed by atoms with Gasteiger partial charge in [-0.3, -0.25) is 14.4 Å². The van der Waals surface area contributed by atoms with Gasteiger partial charge in [0.05, 0.1) is 11.4 Å². The van der Waals surface area contributed by atoms with Crippen molar-refractivity contribution in [2.24, 2.45) is 5.92 Å². The van der Waals surface area contributed by atoms with Gasteiger partial charge in [-0.15, -0.1) is 0 Å². The average Bonchev–Trinajstić information content (AvgIpc) is 3.32. The zero-order chi connectivity index (χ0) is 23.4. The first-order valence-corrected chi connectivity index (χ1v) is 12.6. The second-order valence-electron chi connectivity index (χ2n) is 9.24. The molecule has 1 N–H and O–H groups in total. The molecule has 0 spiro atoms. The van der Waals surface area contributed by atoms with E-state index < -0.39 is 13.0 Å². The maximum absolute atomic E-state index is 12.4. The van der Waals surface area contributed by atoms with E-state index in [-0.39, 0.29) is 18.5 Å². The van der Waals surface area contributed by atoms with Gasteiger partial charge in [-0.25, -0.2) is 13.8 Å². The molecule has 2 aromatic heterocycles. The van der Waals surface area contributed by atoms with Crippen LogP contribution in [0.2, 0.25) is 0 Å². The molecule has 3 heterocycles. The summed E-state index contributed by atoms with van der Waals surface area (Å²) in [6.45, 7) is 6.34. The van der Waals surface area contributed by atoms with Gasteiger partial charge in [0.25, 0.3) is 11.6 Å². The molecule has 1 fully saturated rings. The largest absolute Gasteiger partial charge is 0.464 e. The predicted octanol–water partition coefficient (Wildman–Crippen LogP) is 3.72. The van der Waals surface area contributed by atoms with Crippen LogP contribution in [-0.2, 0) is 24.3 Å². The lowest BCUT2D eigenvalue weighted by Crippen LogP contribution is -2.40. The molecule has 0 aromatic carbocycles. The number of aromatic nitrogens is 3. The highest BCUT2D eigenvalue weighted by molar-refractivity contribution is 7.13. The number of halogens is 2. The van der Waals surface area contributed by atoms with Crippen LogP contribution in [0, 0.1) is 19.8 Å². The van der Waals surface area contributed by atoms with Gasteiger partial charge in [0.15, 0.2) is 6.61 Å². The SMILES string of the molecule is Cc1cc(C)n(CC(=O)NC2CCC(CCN3CCc4sc(OCC(F)F)nc4C3)CC2)n1. The van der Waals surface area contributed by atoms with Crippen molar-refractivity contribution in [2.45, 2.75) is 77.9 Å². The molecule has 2 aliphatic rings. The molecule has 182 valence electrons. The summed E-state index contributed by atoms with van der Waals surface area (Å²) in [4.78, 5) is 20.4. The van der Waals surface area contributed by atoms with Crippen LogP contribution in [0.5, 0.6) is 5.19 Å². The highest BCUT2D eigenvalue weighted by atomic mass is 32.1. The van der Waals surface area contributed by atoms with E-state index >= 15 is 0 Å². The Morgan fingerprint density at radius 2 is 2.09 bits per heavy atom. The fraction of sp³-hybridized carbons (Fsp3) is 0.696. The monoisotopic (exact) mass is 481 g/mol. The number of carbonyl (C=O) groups excluding carboxylic acids is 1. The van der Waals surface area contributed by atoms with E-state index in [2.05, 4.69) is 20.3 Å². The van der Waals surface area contributed by atoms with Crippen LogP contribution in [-0.4, -0.2) is 57.7 Å². The molecule has 0 saturated heterocycles. The molecule has 0 unspecified atom stereocenters. The lowest BCUT2D eigenvalue weighted by atomic mass is 9.84. The Morgan fingerprint density at radius 3 is 2.79 bits per heavy atom. The Labute approximate surface area is 197 Å². The number of hydrogen-bond donors (Lipinski definition) is 1. The van der Waals surface area contributed by atoms with Gasteiger partial charge >= 0.3 is 0 Å². The second-order valence-corrected chi connectivity index (χ2v) is 10.3. The third kappa shape index (κ3) is 6.72. The van der Waals surface area contributed by atoms with Crippen molar-refractivity contribution in [3.05, 3.63) is 28.0 Å². The maximum atomic E-state index is 12.4. The number of rotatable bonds is 9. The molecule has 1 aliphatic carbocycles. The van der Waals surface area contributed by atoms with Crippen molar-refractivity contribution >= 4 is 17.2 Å². The van der Waals surface area contributed by atoms with Crippen molar-refractivity contribution in [2.75, 3.05) is 19.7 Å². The molecule has 2 aromatic rings. The number of aryl methyl sites for hydroxylation is 2. The van der Waals surface area contributed by atoms with Crippen LogP contribution < -0.4 is 10.1 Å². The number of nitrogens with one attached hydrogen (secondary N) is 1. The Kier molecular flexibility index (Phi) is 7.95. The zero-order valence-corrected chi connectivity index (χ0v) is 20.2. The number of fused-ring (bicyclic) bond motifs is 1. The summed E-state index contributed by atoms with van der Waals surface area (Å²) in [5.41, 5.74) is 2.91. The van der Waals surface area contributed by atoms with E-state index in [0.29, 0.717) is 11.1 Å². The van der Waals surface area contributed by atoms with Gasteiger partial charge in [-0.2, -0.15) is 5.10 Å². The number of hydrogen-bond acceptors (Lipinski definition) is 6.